The predicted molar refractivity (Wildman–Crippen MR) is 82.5 cm³/mol. The maximum atomic E-state index is 6.17. The van der Waals surface area contributed by atoms with Gasteiger partial charge in [-0.3, -0.25) is 4.90 Å². The average Bonchev–Trinajstić information content (AvgIpc) is 2.82. The summed E-state index contributed by atoms with van der Waals surface area (Å²) in [7, 11) is 2.18. The van der Waals surface area contributed by atoms with E-state index in [0.29, 0.717) is 6.04 Å². The van der Waals surface area contributed by atoms with Gasteiger partial charge in [-0.1, -0.05) is 0 Å². The second kappa shape index (κ2) is 6.74. The van der Waals surface area contributed by atoms with Crippen LogP contribution >= 0.6 is 0 Å². The molecule has 0 spiro atoms. The molecule has 0 bridgehead atoms. The number of hydrogen-bond acceptors (Lipinski definition) is 4. The first kappa shape index (κ1) is 15.5. The Morgan fingerprint density at radius 3 is 2.80 bits per heavy atom. The Morgan fingerprint density at radius 1 is 1.40 bits per heavy atom. The zero-order chi connectivity index (χ0) is 14.6. The summed E-state index contributed by atoms with van der Waals surface area (Å²) in [6, 6.07) is 4.61. The molecule has 1 unspecified atom stereocenters. The van der Waals surface area contributed by atoms with Crippen molar-refractivity contribution in [2.24, 2.45) is 5.73 Å². The number of furan rings is 1. The first-order valence-corrected chi connectivity index (χ1v) is 7.75. The summed E-state index contributed by atoms with van der Waals surface area (Å²) < 4.78 is 5.48. The summed E-state index contributed by atoms with van der Waals surface area (Å²) in [5.74, 6) is 1.02. The molecule has 2 heterocycles. The molecule has 1 saturated heterocycles. The quantitative estimate of drug-likeness (QED) is 0.898. The van der Waals surface area contributed by atoms with Crippen LogP contribution in [0.4, 0.5) is 0 Å². The van der Waals surface area contributed by atoms with E-state index in [9.17, 15) is 0 Å². The number of hydrogen-bond donors (Lipinski definition) is 1. The molecular weight excluding hydrogens is 250 g/mol. The Balaban J connectivity index is 2.04. The summed E-state index contributed by atoms with van der Waals surface area (Å²) in [5, 5.41) is 0. The van der Waals surface area contributed by atoms with E-state index >= 15 is 0 Å². The molecule has 114 valence electrons. The predicted octanol–water partition coefficient (Wildman–Crippen LogP) is 2.30. The minimum absolute atomic E-state index is 0.108. The lowest BCUT2D eigenvalue weighted by molar-refractivity contribution is 0.0903. The molecule has 1 fully saturated rings. The van der Waals surface area contributed by atoms with Gasteiger partial charge in [-0.25, -0.2) is 0 Å². The second-order valence-electron chi connectivity index (χ2n) is 6.35. The Bertz CT molecular complexity index is 390. The second-order valence-corrected chi connectivity index (χ2v) is 6.35. The van der Waals surface area contributed by atoms with Crippen molar-refractivity contribution in [3.8, 4) is 0 Å². The first-order chi connectivity index (χ1) is 9.57. The zero-order valence-electron chi connectivity index (χ0n) is 13.1. The van der Waals surface area contributed by atoms with E-state index in [1.165, 1.54) is 19.4 Å². The molecule has 0 radical (unpaired) electrons. The van der Waals surface area contributed by atoms with E-state index in [-0.39, 0.29) is 5.54 Å². The van der Waals surface area contributed by atoms with Crippen LogP contribution in [-0.4, -0.2) is 48.1 Å². The van der Waals surface area contributed by atoms with E-state index < -0.39 is 0 Å². The van der Waals surface area contributed by atoms with Crippen LogP contribution in [0.2, 0.25) is 0 Å². The minimum atomic E-state index is 0.108. The largest absolute Gasteiger partial charge is 0.468 e. The lowest BCUT2D eigenvalue weighted by Crippen LogP contribution is -2.52. The van der Waals surface area contributed by atoms with Crippen LogP contribution in [0.25, 0.3) is 0 Å². The van der Waals surface area contributed by atoms with Crippen LogP contribution in [0.3, 0.4) is 0 Å². The van der Waals surface area contributed by atoms with Crippen LogP contribution < -0.4 is 5.73 Å². The van der Waals surface area contributed by atoms with Crippen LogP contribution in [-0.2, 0) is 6.54 Å². The van der Waals surface area contributed by atoms with Crippen molar-refractivity contribution < 1.29 is 4.42 Å². The Kier molecular flexibility index (Phi) is 5.24. The van der Waals surface area contributed by atoms with Gasteiger partial charge in [0.2, 0.25) is 0 Å². The molecule has 4 heteroatoms. The van der Waals surface area contributed by atoms with E-state index in [1.54, 1.807) is 6.26 Å². The van der Waals surface area contributed by atoms with Gasteiger partial charge in [-0.05, 0) is 58.8 Å². The Hall–Kier alpha value is -0.840. The van der Waals surface area contributed by atoms with Crippen LogP contribution in [0.15, 0.2) is 22.8 Å². The fourth-order valence-electron chi connectivity index (χ4n) is 3.26. The summed E-state index contributed by atoms with van der Waals surface area (Å²) in [6.07, 6.45) is 5.27. The van der Waals surface area contributed by atoms with Crippen molar-refractivity contribution in [1.29, 1.82) is 0 Å². The summed E-state index contributed by atoms with van der Waals surface area (Å²) in [5.41, 5.74) is 6.28. The van der Waals surface area contributed by atoms with E-state index in [1.807, 2.05) is 12.1 Å². The molecule has 4 nitrogen and oxygen atoms in total. The molecule has 1 aromatic rings. The van der Waals surface area contributed by atoms with E-state index in [2.05, 4.69) is 30.7 Å². The topological polar surface area (TPSA) is 45.6 Å². The summed E-state index contributed by atoms with van der Waals surface area (Å²) >= 11 is 0. The van der Waals surface area contributed by atoms with Crippen LogP contribution in [0, 0.1) is 0 Å². The highest BCUT2D eigenvalue weighted by atomic mass is 16.3. The first-order valence-electron chi connectivity index (χ1n) is 7.75. The fourth-order valence-corrected chi connectivity index (χ4v) is 3.26. The molecular formula is C16H29N3O. The van der Waals surface area contributed by atoms with Crippen molar-refractivity contribution in [2.45, 2.75) is 51.2 Å². The highest BCUT2D eigenvalue weighted by molar-refractivity contribution is 5.01. The normalized spacial score (nSPS) is 25.3. The summed E-state index contributed by atoms with van der Waals surface area (Å²) in [6.45, 7) is 8.44. The average molecular weight is 279 g/mol. The van der Waals surface area contributed by atoms with Gasteiger partial charge in [-0.2, -0.15) is 0 Å². The molecule has 0 saturated carbocycles. The SMILES string of the molecule is CC(C)N1CCCC(CN)(N(C)Cc2ccco2)CC1. The van der Waals surface area contributed by atoms with Gasteiger partial charge in [0.05, 0.1) is 12.8 Å². The van der Waals surface area contributed by atoms with Crippen LogP contribution in [0.1, 0.15) is 38.9 Å². The third kappa shape index (κ3) is 3.43. The highest BCUT2D eigenvalue weighted by Gasteiger charge is 2.35. The monoisotopic (exact) mass is 279 g/mol. The Morgan fingerprint density at radius 2 is 2.20 bits per heavy atom. The molecule has 1 aromatic heterocycles. The van der Waals surface area contributed by atoms with E-state index in [0.717, 1.165) is 31.8 Å². The number of likely N-dealkylation sites (tertiary alicyclic amines) is 1. The maximum Gasteiger partial charge on any atom is 0.117 e. The lowest BCUT2D eigenvalue weighted by atomic mass is 9.88. The number of rotatable bonds is 5. The Labute approximate surface area is 122 Å². The zero-order valence-corrected chi connectivity index (χ0v) is 13.1. The van der Waals surface area contributed by atoms with Gasteiger partial charge in [0.15, 0.2) is 0 Å². The van der Waals surface area contributed by atoms with Gasteiger partial charge < -0.3 is 15.1 Å². The van der Waals surface area contributed by atoms with Gasteiger partial charge in [0, 0.05) is 24.7 Å². The molecule has 1 aliphatic heterocycles. The van der Waals surface area contributed by atoms with Gasteiger partial charge in [0.1, 0.15) is 5.76 Å². The molecule has 20 heavy (non-hydrogen) atoms. The lowest BCUT2D eigenvalue weighted by Gasteiger charge is -2.40. The number of likely N-dealkylation sites (N-methyl/N-ethyl adjacent to an activating group) is 1. The summed E-state index contributed by atoms with van der Waals surface area (Å²) in [4.78, 5) is 4.97. The highest BCUT2D eigenvalue weighted by Crippen LogP contribution is 2.29. The standard InChI is InChI=1S/C16H29N3O/c1-14(2)19-9-5-7-16(13-17,8-10-19)18(3)12-15-6-4-11-20-15/h4,6,11,14H,5,7-10,12-13,17H2,1-3H3. The molecule has 2 N–H and O–H groups in total. The molecule has 2 rings (SSSR count). The third-order valence-corrected chi connectivity index (χ3v) is 4.84. The molecule has 0 amide bonds. The van der Waals surface area contributed by atoms with Crippen LogP contribution in [0.5, 0.6) is 0 Å². The smallest absolute Gasteiger partial charge is 0.117 e. The van der Waals surface area contributed by atoms with Gasteiger partial charge in [-0.15, -0.1) is 0 Å². The van der Waals surface area contributed by atoms with E-state index in [4.69, 9.17) is 10.2 Å². The number of nitrogens with two attached hydrogens (primary N) is 1. The van der Waals surface area contributed by atoms with Crippen molar-refractivity contribution in [1.82, 2.24) is 9.80 Å². The maximum absolute atomic E-state index is 6.17. The minimum Gasteiger partial charge on any atom is -0.468 e. The number of nitrogens with zero attached hydrogens (tertiary/aromatic N) is 2. The third-order valence-electron chi connectivity index (χ3n) is 4.84. The van der Waals surface area contributed by atoms with Gasteiger partial charge >= 0.3 is 0 Å². The van der Waals surface area contributed by atoms with Gasteiger partial charge in [0.25, 0.3) is 0 Å². The fraction of sp³-hybridized carbons (Fsp3) is 0.750. The molecule has 0 aromatic carbocycles. The molecule has 0 aliphatic carbocycles. The molecule has 1 atom stereocenters. The molecule has 1 aliphatic rings. The van der Waals surface area contributed by atoms with Crippen molar-refractivity contribution in [3.63, 3.8) is 0 Å². The van der Waals surface area contributed by atoms with Crippen molar-refractivity contribution in [2.75, 3.05) is 26.7 Å². The van der Waals surface area contributed by atoms with Crippen molar-refractivity contribution in [3.05, 3.63) is 24.2 Å². The van der Waals surface area contributed by atoms with Crippen molar-refractivity contribution >= 4 is 0 Å².